The fraction of sp³-hybridized carbons (Fsp3) is 0.455. The maximum atomic E-state index is 12.9. The van der Waals surface area contributed by atoms with Crippen LogP contribution in [0.3, 0.4) is 0 Å². The molecule has 1 amide bonds. The molecule has 1 unspecified atom stereocenters. The molecule has 2 aromatic rings. The van der Waals surface area contributed by atoms with Crippen molar-refractivity contribution in [1.29, 1.82) is 0 Å². The minimum atomic E-state index is -1.12. The van der Waals surface area contributed by atoms with Gasteiger partial charge in [-0.2, -0.15) is 0 Å². The third-order valence-corrected chi connectivity index (χ3v) is 6.31. The molecule has 0 heterocycles. The lowest BCUT2D eigenvalue weighted by molar-refractivity contribution is -0.142. The van der Waals surface area contributed by atoms with Gasteiger partial charge < -0.3 is 10.4 Å². The molecule has 5 nitrogen and oxygen atoms in total. The molecule has 0 aromatic heterocycles. The highest BCUT2D eigenvalue weighted by atomic mass is 32.2. The highest BCUT2D eigenvalue weighted by Crippen LogP contribution is 2.22. The minimum Gasteiger partial charge on any atom is -0.480 e. The number of fused-ring (bicyclic) bond motifs is 1. The molecule has 6 heteroatoms. The van der Waals surface area contributed by atoms with Gasteiger partial charge in [-0.1, -0.05) is 69.2 Å². The van der Waals surface area contributed by atoms with Gasteiger partial charge in [-0.3, -0.25) is 9.00 Å². The van der Waals surface area contributed by atoms with Crippen molar-refractivity contribution in [3.63, 3.8) is 0 Å². The average Bonchev–Trinajstić information content (AvgIpc) is 2.70. The second kappa shape index (κ2) is 11.0. The predicted molar refractivity (Wildman–Crippen MR) is 114 cm³/mol. The van der Waals surface area contributed by atoms with Crippen LogP contribution in [0.5, 0.6) is 0 Å². The Hall–Kier alpha value is -2.21. The summed E-state index contributed by atoms with van der Waals surface area (Å²) in [6.07, 6.45) is 2.42. The first-order chi connectivity index (χ1) is 13.5. The van der Waals surface area contributed by atoms with E-state index in [1.165, 1.54) is 0 Å². The van der Waals surface area contributed by atoms with E-state index in [2.05, 4.69) is 5.32 Å². The van der Waals surface area contributed by atoms with E-state index in [1.807, 2.05) is 56.3 Å². The smallest absolute Gasteiger partial charge is 0.326 e. The molecule has 0 saturated heterocycles. The lowest BCUT2D eigenvalue weighted by Gasteiger charge is -2.21. The number of hydrogen-bond donors (Lipinski definition) is 2. The van der Waals surface area contributed by atoms with Crippen molar-refractivity contribution in [2.24, 2.45) is 5.92 Å². The van der Waals surface area contributed by atoms with Crippen LogP contribution in [-0.4, -0.2) is 38.7 Å². The summed E-state index contributed by atoms with van der Waals surface area (Å²) in [7, 11) is -1.12. The molecule has 28 heavy (non-hydrogen) atoms. The zero-order chi connectivity index (χ0) is 20.5. The molecule has 0 radical (unpaired) electrons. The van der Waals surface area contributed by atoms with E-state index in [-0.39, 0.29) is 11.7 Å². The highest BCUT2D eigenvalue weighted by Gasteiger charge is 2.26. The highest BCUT2D eigenvalue weighted by molar-refractivity contribution is 7.84. The molecule has 2 aromatic carbocycles. The van der Waals surface area contributed by atoms with Gasteiger partial charge in [0.2, 0.25) is 5.91 Å². The first-order valence-corrected chi connectivity index (χ1v) is 11.3. The summed E-state index contributed by atoms with van der Waals surface area (Å²) in [5.41, 5.74) is 1.01. The predicted octanol–water partition coefficient (Wildman–Crippen LogP) is 3.53. The van der Waals surface area contributed by atoms with E-state index in [9.17, 15) is 18.9 Å². The van der Waals surface area contributed by atoms with Gasteiger partial charge in [-0.15, -0.1) is 0 Å². The quantitative estimate of drug-likeness (QED) is 0.601. The molecule has 2 N–H and O–H groups in total. The van der Waals surface area contributed by atoms with Crippen LogP contribution in [0, 0.1) is 5.92 Å². The number of hydrogen-bond acceptors (Lipinski definition) is 3. The van der Waals surface area contributed by atoms with Gasteiger partial charge >= 0.3 is 5.97 Å². The van der Waals surface area contributed by atoms with Crippen molar-refractivity contribution >= 4 is 33.4 Å². The fourth-order valence-corrected chi connectivity index (χ4v) is 4.21. The number of carboxylic acid groups (broad SMARTS) is 1. The standard InChI is InChI=1S/C22H29NO4S/c1-3-5-13-20(22(25)26)23-21(24)18(15-28(27)4-2)14-17-11-8-10-16-9-6-7-12-19(16)17/h6-12,18,20H,3-5,13-15H2,1-2H3,(H,23,24)(H,25,26)/t18-,20+,28?/m1/s1. The molecule has 0 aliphatic rings. The largest absolute Gasteiger partial charge is 0.480 e. The van der Waals surface area contributed by atoms with E-state index in [0.717, 1.165) is 29.2 Å². The molecule has 0 aliphatic heterocycles. The van der Waals surface area contributed by atoms with Crippen LogP contribution in [0.4, 0.5) is 0 Å². The molecule has 0 spiro atoms. The summed E-state index contributed by atoms with van der Waals surface area (Å²) in [4.78, 5) is 24.4. The Kier molecular flexibility index (Phi) is 8.64. The van der Waals surface area contributed by atoms with E-state index >= 15 is 0 Å². The van der Waals surface area contributed by atoms with E-state index in [0.29, 0.717) is 18.6 Å². The SMILES string of the molecule is CCCC[C@H](NC(=O)[C@H](Cc1cccc2ccccc12)CS(=O)CC)C(=O)O. The first-order valence-electron chi connectivity index (χ1n) is 9.81. The van der Waals surface area contributed by atoms with Crippen LogP contribution in [0.2, 0.25) is 0 Å². The number of rotatable bonds is 11. The normalized spacial score (nSPS) is 14.4. The van der Waals surface area contributed by atoms with Gasteiger partial charge in [-0.25, -0.2) is 4.79 Å². The van der Waals surface area contributed by atoms with Gasteiger partial charge in [0.25, 0.3) is 0 Å². The first kappa shape index (κ1) is 22.1. The minimum absolute atomic E-state index is 0.228. The van der Waals surface area contributed by atoms with Crippen molar-refractivity contribution in [1.82, 2.24) is 5.32 Å². The van der Waals surface area contributed by atoms with Crippen LogP contribution < -0.4 is 5.32 Å². The van der Waals surface area contributed by atoms with Gasteiger partial charge in [0.05, 0.1) is 5.92 Å². The third kappa shape index (κ3) is 6.16. The van der Waals surface area contributed by atoms with Crippen molar-refractivity contribution in [2.75, 3.05) is 11.5 Å². The van der Waals surface area contributed by atoms with Crippen LogP contribution in [-0.2, 0) is 26.8 Å². The van der Waals surface area contributed by atoms with Crippen LogP contribution >= 0.6 is 0 Å². The number of unbranched alkanes of at least 4 members (excludes halogenated alkanes) is 1. The fourth-order valence-electron chi connectivity index (χ4n) is 3.26. The van der Waals surface area contributed by atoms with Crippen LogP contribution in [0.1, 0.15) is 38.7 Å². The Morgan fingerprint density at radius 3 is 2.50 bits per heavy atom. The number of carbonyl (C=O) groups excluding carboxylic acids is 1. The molecule has 0 saturated carbocycles. The summed E-state index contributed by atoms with van der Waals surface area (Å²) in [6, 6.07) is 13.0. The Balaban J connectivity index is 2.24. The zero-order valence-corrected chi connectivity index (χ0v) is 17.3. The van der Waals surface area contributed by atoms with E-state index in [1.54, 1.807) is 0 Å². The Morgan fingerprint density at radius 1 is 1.11 bits per heavy atom. The van der Waals surface area contributed by atoms with E-state index < -0.39 is 28.7 Å². The third-order valence-electron chi connectivity index (χ3n) is 4.89. The number of carboxylic acids is 1. The number of carbonyl (C=O) groups is 2. The summed E-state index contributed by atoms with van der Waals surface area (Å²) in [5.74, 6) is -1.20. The van der Waals surface area contributed by atoms with Crippen LogP contribution in [0.15, 0.2) is 42.5 Å². The van der Waals surface area contributed by atoms with Crippen molar-refractivity contribution in [3.05, 3.63) is 48.0 Å². The van der Waals surface area contributed by atoms with Gasteiger partial charge in [0, 0.05) is 22.3 Å². The molecular formula is C22H29NO4S. The average molecular weight is 404 g/mol. The number of benzene rings is 2. The van der Waals surface area contributed by atoms with E-state index in [4.69, 9.17) is 0 Å². The molecule has 2 rings (SSSR count). The second-order valence-electron chi connectivity index (χ2n) is 6.98. The molecular weight excluding hydrogens is 374 g/mol. The van der Waals surface area contributed by atoms with Gasteiger partial charge in [0.1, 0.15) is 6.04 Å². The van der Waals surface area contributed by atoms with Crippen molar-refractivity contribution in [2.45, 2.75) is 45.6 Å². The maximum Gasteiger partial charge on any atom is 0.326 e. The number of nitrogens with one attached hydrogen (secondary N) is 1. The van der Waals surface area contributed by atoms with Crippen molar-refractivity contribution < 1.29 is 18.9 Å². The van der Waals surface area contributed by atoms with Gasteiger partial charge in [-0.05, 0) is 29.2 Å². The Labute approximate surface area is 169 Å². The second-order valence-corrected chi connectivity index (χ2v) is 8.77. The summed E-state index contributed by atoms with van der Waals surface area (Å²) >= 11 is 0. The Bertz CT molecular complexity index is 831. The summed E-state index contributed by atoms with van der Waals surface area (Å²) in [5, 5.41) is 14.2. The monoisotopic (exact) mass is 403 g/mol. The lowest BCUT2D eigenvalue weighted by atomic mass is 9.95. The Morgan fingerprint density at radius 2 is 1.82 bits per heavy atom. The summed E-state index contributed by atoms with van der Waals surface area (Å²) < 4.78 is 12.2. The molecule has 152 valence electrons. The van der Waals surface area contributed by atoms with Crippen molar-refractivity contribution in [3.8, 4) is 0 Å². The topological polar surface area (TPSA) is 83.5 Å². The molecule has 3 atom stereocenters. The van der Waals surface area contributed by atoms with Gasteiger partial charge in [0.15, 0.2) is 0 Å². The lowest BCUT2D eigenvalue weighted by Crippen LogP contribution is -2.45. The molecule has 0 bridgehead atoms. The maximum absolute atomic E-state index is 12.9. The number of amides is 1. The molecule has 0 aliphatic carbocycles. The zero-order valence-electron chi connectivity index (χ0n) is 16.5. The summed E-state index contributed by atoms with van der Waals surface area (Å²) in [6.45, 7) is 3.80. The number of aliphatic carboxylic acids is 1. The van der Waals surface area contributed by atoms with Crippen LogP contribution in [0.25, 0.3) is 10.8 Å². The molecule has 0 fully saturated rings.